The molecule has 1 unspecified atom stereocenters. The van der Waals surface area contributed by atoms with Gasteiger partial charge >= 0.3 is 0 Å². The van der Waals surface area contributed by atoms with Gasteiger partial charge in [-0.15, -0.1) is 5.10 Å². The van der Waals surface area contributed by atoms with Crippen LogP contribution in [-0.4, -0.2) is 23.1 Å². The molecule has 0 fully saturated rings. The number of fused-ring (bicyclic) bond motifs is 1. The van der Waals surface area contributed by atoms with Crippen molar-refractivity contribution in [3.63, 3.8) is 0 Å². The third-order valence-corrected chi connectivity index (χ3v) is 6.39. The molecule has 0 aliphatic heterocycles. The van der Waals surface area contributed by atoms with Gasteiger partial charge in [-0.05, 0) is 24.1 Å². The lowest BCUT2D eigenvalue weighted by molar-refractivity contribution is 0.561. The highest BCUT2D eigenvalue weighted by Crippen LogP contribution is 2.27. The summed E-state index contributed by atoms with van der Waals surface area (Å²) in [7, 11) is -1.43. The summed E-state index contributed by atoms with van der Waals surface area (Å²) in [5.41, 5.74) is 3.89. The maximum Gasteiger partial charge on any atom is 0.113 e. The monoisotopic (exact) mass is 295 g/mol. The highest BCUT2D eigenvalue weighted by Gasteiger charge is 2.30. The van der Waals surface area contributed by atoms with Gasteiger partial charge in [-0.1, -0.05) is 67.3 Å². The van der Waals surface area contributed by atoms with Crippen molar-refractivity contribution in [1.29, 1.82) is 0 Å². The minimum atomic E-state index is -1.43. The summed E-state index contributed by atoms with van der Waals surface area (Å²) >= 11 is 0. The Balaban J connectivity index is 2.04. The van der Waals surface area contributed by atoms with Crippen LogP contribution in [0, 0.1) is 0 Å². The Morgan fingerprint density at radius 3 is 2.33 bits per heavy atom. The SMILES string of the molecule is C[Si](C)(C)C(Cc1ccccc1)n1nnc2ccccc21. The topological polar surface area (TPSA) is 30.7 Å². The van der Waals surface area contributed by atoms with E-state index in [2.05, 4.69) is 77.1 Å². The van der Waals surface area contributed by atoms with Crippen molar-refractivity contribution < 1.29 is 0 Å². The fourth-order valence-electron chi connectivity index (χ4n) is 2.71. The molecule has 0 N–H and O–H groups in total. The van der Waals surface area contributed by atoms with Crippen LogP contribution in [0.4, 0.5) is 0 Å². The van der Waals surface area contributed by atoms with Crippen LogP contribution >= 0.6 is 0 Å². The van der Waals surface area contributed by atoms with E-state index in [4.69, 9.17) is 0 Å². The maximum atomic E-state index is 4.46. The average Bonchev–Trinajstić information content (AvgIpc) is 2.88. The molecule has 2 aromatic carbocycles. The van der Waals surface area contributed by atoms with Gasteiger partial charge in [0.2, 0.25) is 0 Å². The number of hydrogen-bond donors (Lipinski definition) is 0. The third kappa shape index (κ3) is 2.90. The average molecular weight is 295 g/mol. The highest BCUT2D eigenvalue weighted by atomic mass is 28.3. The highest BCUT2D eigenvalue weighted by molar-refractivity contribution is 6.76. The Morgan fingerprint density at radius 2 is 1.62 bits per heavy atom. The molecular formula is C17H21N3Si. The van der Waals surface area contributed by atoms with E-state index in [1.807, 2.05) is 12.1 Å². The zero-order valence-corrected chi connectivity index (χ0v) is 13.8. The molecule has 0 bridgehead atoms. The molecule has 0 aliphatic rings. The van der Waals surface area contributed by atoms with E-state index in [-0.39, 0.29) is 0 Å². The second-order valence-electron chi connectivity index (χ2n) is 6.59. The lowest BCUT2D eigenvalue weighted by Gasteiger charge is -2.29. The first kappa shape index (κ1) is 14.0. The second kappa shape index (κ2) is 5.45. The molecule has 0 saturated carbocycles. The van der Waals surface area contributed by atoms with Crippen molar-refractivity contribution in [2.45, 2.75) is 31.7 Å². The van der Waals surface area contributed by atoms with E-state index in [1.165, 1.54) is 5.56 Å². The van der Waals surface area contributed by atoms with Crippen LogP contribution in [0.15, 0.2) is 54.6 Å². The van der Waals surface area contributed by atoms with Crippen LogP contribution in [-0.2, 0) is 6.42 Å². The Bertz CT molecular complexity index is 728. The largest absolute Gasteiger partial charge is 0.244 e. The number of aromatic nitrogens is 3. The fourth-order valence-corrected chi connectivity index (χ4v) is 4.49. The van der Waals surface area contributed by atoms with Crippen molar-refractivity contribution in [3.05, 3.63) is 60.2 Å². The minimum Gasteiger partial charge on any atom is -0.244 e. The van der Waals surface area contributed by atoms with Crippen LogP contribution in [0.1, 0.15) is 11.2 Å². The van der Waals surface area contributed by atoms with Crippen LogP contribution in [0.2, 0.25) is 19.6 Å². The van der Waals surface area contributed by atoms with Gasteiger partial charge in [-0.2, -0.15) is 0 Å². The maximum absolute atomic E-state index is 4.46. The number of benzene rings is 2. The molecule has 0 saturated heterocycles. The van der Waals surface area contributed by atoms with E-state index in [9.17, 15) is 0 Å². The Kier molecular flexibility index (Phi) is 3.63. The smallest absolute Gasteiger partial charge is 0.113 e. The predicted molar refractivity (Wildman–Crippen MR) is 90.1 cm³/mol. The molecule has 1 heterocycles. The number of nitrogens with zero attached hydrogens (tertiary/aromatic N) is 3. The summed E-state index contributed by atoms with van der Waals surface area (Å²) in [5, 5.41) is 8.79. The van der Waals surface area contributed by atoms with Crippen LogP contribution in [0.25, 0.3) is 11.0 Å². The van der Waals surface area contributed by atoms with Crippen molar-refractivity contribution >= 4 is 19.1 Å². The number of hydrogen-bond acceptors (Lipinski definition) is 2. The quantitative estimate of drug-likeness (QED) is 0.679. The predicted octanol–water partition coefficient (Wildman–Crippen LogP) is 4.09. The fraction of sp³-hybridized carbons (Fsp3) is 0.294. The zero-order chi connectivity index (χ0) is 14.9. The standard InChI is InChI=1S/C17H21N3Si/c1-21(2,3)17(13-14-9-5-4-6-10-14)20-16-12-8-7-11-15(16)18-19-20/h4-12,17H,13H2,1-3H3. The van der Waals surface area contributed by atoms with Gasteiger partial charge in [0.25, 0.3) is 0 Å². The van der Waals surface area contributed by atoms with E-state index < -0.39 is 8.07 Å². The van der Waals surface area contributed by atoms with Crippen molar-refractivity contribution in [1.82, 2.24) is 15.0 Å². The van der Waals surface area contributed by atoms with E-state index >= 15 is 0 Å². The number of para-hydroxylation sites is 1. The van der Waals surface area contributed by atoms with Gasteiger partial charge < -0.3 is 0 Å². The molecule has 3 rings (SSSR count). The number of rotatable bonds is 4. The first-order valence-electron chi connectivity index (χ1n) is 7.39. The molecule has 3 nitrogen and oxygen atoms in total. The molecule has 108 valence electrons. The Labute approximate surface area is 126 Å². The van der Waals surface area contributed by atoms with Gasteiger partial charge in [0.05, 0.1) is 13.6 Å². The van der Waals surface area contributed by atoms with Gasteiger partial charge in [0.15, 0.2) is 0 Å². The van der Waals surface area contributed by atoms with E-state index in [1.54, 1.807) is 0 Å². The van der Waals surface area contributed by atoms with Crippen LogP contribution in [0.3, 0.4) is 0 Å². The van der Waals surface area contributed by atoms with Gasteiger partial charge in [0, 0.05) is 5.67 Å². The summed E-state index contributed by atoms with van der Waals surface area (Å²) < 4.78 is 2.15. The summed E-state index contributed by atoms with van der Waals surface area (Å²) in [6.07, 6.45) is 1.02. The molecule has 0 aliphatic carbocycles. The van der Waals surface area contributed by atoms with Crippen molar-refractivity contribution in [3.8, 4) is 0 Å². The van der Waals surface area contributed by atoms with E-state index in [0.29, 0.717) is 5.67 Å². The summed E-state index contributed by atoms with van der Waals surface area (Å²) in [6, 6.07) is 18.9. The van der Waals surface area contributed by atoms with E-state index in [0.717, 1.165) is 17.5 Å². The lowest BCUT2D eigenvalue weighted by Crippen LogP contribution is -2.37. The molecule has 0 amide bonds. The Morgan fingerprint density at radius 1 is 0.952 bits per heavy atom. The summed E-state index contributed by atoms with van der Waals surface area (Å²) in [5.74, 6) is 0. The van der Waals surface area contributed by atoms with Crippen LogP contribution < -0.4 is 0 Å². The van der Waals surface area contributed by atoms with Gasteiger partial charge in [0.1, 0.15) is 5.52 Å². The second-order valence-corrected chi connectivity index (χ2v) is 12.0. The lowest BCUT2D eigenvalue weighted by atomic mass is 10.1. The normalized spacial score (nSPS) is 13.5. The van der Waals surface area contributed by atoms with Crippen molar-refractivity contribution in [2.24, 2.45) is 0 Å². The molecular weight excluding hydrogens is 274 g/mol. The molecule has 4 heteroatoms. The first-order chi connectivity index (χ1) is 10.1. The van der Waals surface area contributed by atoms with Gasteiger partial charge in [-0.3, -0.25) is 0 Å². The molecule has 1 atom stereocenters. The molecule has 0 spiro atoms. The molecule has 1 aromatic heterocycles. The van der Waals surface area contributed by atoms with Gasteiger partial charge in [-0.25, -0.2) is 4.68 Å². The van der Waals surface area contributed by atoms with Crippen molar-refractivity contribution in [2.75, 3.05) is 0 Å². The summed E-state index contributed by atoms with van der Waals surface area (Å²) in [6.45, 7) is 7.20. The molecule has 0 radical (unpaired) electrons. The Hall–Kier alpha value is -1.94. The first-order valence-corrected chi connectivity index (χ1v) is 11.0. The van der Waals surface area contributed by atoms with Crippen LogP contribution in [0.5, 0.6) is 0 Å². The summed E-state index contributed by atoms with van der Waals surface area (Å²) in [4.78, 5) is 0. The minimum absolute atomic E-state index is 0.410. The zero-order valence-electron chi connectivity index (χ0n) is 12.8. The molecule has 3 aromatic rings. The third-order valence-electron chi connectivity index (χ3n) is 3.94. The molecule has 21 heavy (non-hydrogen) atoms.